The molecular weight excluding hydrogens is 404 g/mol. The maximum Gasteiger partial charge on any atom is 0.261 e. The molecule has 1 saturated carbocycles. The molecule has 30 heavy (non-hydrogen) atoms. The molecule has 2 aromatic rings. The van der Waals surface area contributed by atoms with Gasteiger partial charge in [0.25, 0.3) is 10.0 Å². The standard InChI is InChI=1S/C22H20N2O5S/c1-29-17-8-4-15(5-9-17)23-30(27,28)18-10-6-16(7-11-18)24-21(25)19-13-2-3-14(12-13)20(19)22(24)26/h2-11,13-14,19-20,23H,12H2,1H3/t13-,14?,19-,20+/m1/s1. The number of allylic oxidation sites excluding steroid dienone is 2. The normalized spacial score (nSPS) is 26.9. The number of nitrogens with one attached hydrogen (secondary N) is 1. The van der Waals surface area contributed by atoms with Gasteiger partial charge in [0.1, 0.15) is 5.75 Å². The summed E-state index contributed by atoms with van der Waals surface area (Å²) in [4.78, 5) is 27.0. The Bertz CT molecular complexity index is 1130. The number of rotatable bonds is 5. The van der Waals surface area contributed by atoms with Crippen LogP contribution in [0.4, 0.5) is 11.4 Å². The van der Waals surface area contributed by atoms with Crippen molar-refractivity contribution in [1.29, 1.82) is 0 Å². The third-order valence-electron chi connectivity index (χ3n) is 6.22. The summed E-state index contributed by atoms with van der Waals surface area (Å²) >= 11 is 0. The average molecular weight is 424 g/mol. The second-order valence-electron chi connectivity index (χ2n) is 7.84. The van der Waals surface area contributed by atoms with Crippen LogP contribution in [0.5, 0.6) is 5.75 Å². The number of carbonyl (C=O) groups is 2. The summed E-state index contributed by atoms with van der Waals surface area (Å²) in [6.45, 7) is 0. The predicted octanol–water partition coefficient (Wildman–Crippen LogP) is 2.81. The molecule has 7 nitrogen and oxygen atoms in total. The predicted molar refractivity (Wildman–Crippen MR) is 110 cm³/mol. The highest BCUT2D eigenvalue weighted by atomic mass is 32.2. The number of hydrogen-bond donors (Lipinski definition) is 1. The van der Waals surface area contributed by atoms with Gasteiger partial charge < -0.3 is 4.74 Å². The fourth-order valence-electron chi connectivity index (χ4n) is 4.80. The topological polar surface area (TPSA) is 92.8 Å². The first-order chi connectivity index (χ1) is 14.4. The molecular formula is C22H20N2O5S. The number of hydrogen-bond acceptors (Lipinski definition) is 5. The van der Waals surface area contributed by atoms with Gasteiger partial charge in [-0.15, -0.1) is 0 Å². The highest BCUT2D eigenvalue weighted by Gasteiger charge is 2.59. The van der Waals surface area contributed by atoms with Crippen molar-refractivity contribution >= 4 is 33.2 Å². The molecule has 1 aliphatic heterocycles. The van der Waals surface area contributed by atoms with Crippen molar-refractivity contribution in [1.82, 2.24) is 0 Å². The number of methoxy groups -OCH3 is 1. The molecule has 3 aliphatic rings. The molecule has 2 fully saturated rings. The minimum Gasteiger partial charge on any atom is -0.497 e. The second kappa shape index (κ2) is 6.70. The van der Waals surface area contributed by atoms with E-state index >= 15 is 0 Å². The lowest BCUT2D eigenvalue weighted by Crippen LogP contribution is -2.32. The van der Waals surface area contributed by atoms with E-state index in [1.54, 1.807) is 24.3 Å². The number of benzene rings is 2. The minimum atomic E-state index is -3.81. The van der Waals surface area contributed by atoms with Gasteiger partial charge in [0.2, 0.25) is 11.8 Å². The van der Waals surface area contributed by atoms with Gasteiger partial charge in [-0.3, -0.25) is 19.2 Å². The third kappa shape index (κ3) is 2.82. The van der Waals surface area contributed by atoms with E-state index in [4.69, 9.17) is 4.74 Å². The van der Waals surface area contributed by atoms with Crippen LogP contribution >= 0.6 is 0 Å². The SMILES string of the molecule is COc1ccc(NS(=O)(=O)c2ccc(N3C(=O)[C@@H]4[C@@H]5C=CC(C5)[C@@H]4C3=O)cc2)cc1. The lowest BCUT2D eigenvalue weighted by molar-refractivity contribution is -0.123. The van der Waals surface area contributed by atoms with Crippen LogP contribution in [-0.2, 0) is 19.6 Å². The third-order valence-corrected chi connectivity index (χ3v) is 7.61. The zero-order valence-corrected chi connectivity index (χ0v) is 17.0. The van der Waals surface area contributed by atoms with Gasteiger partial charge in [-0.05, 0) is 66.8 Å². The van der Waals surface area contributed by atoms with Crippen LogP contribution in [0.15, 0.2) is 65.6 Å². The fourth-order valence-corrected chi connectivity index (χ4v) is 5.86. The van der Waals surface area contributed by atoms with Crippen LogP contribution in [0, 0.1) is 23.7 Å². The van der Waals surface area contributed by atoms with E-state index in [1.165, 1.54) is 36.3 Å². The number of carbonyl (C=O) groups excluding carboxylic acids is 2. The molecule has 5 rings (SSSR count). The summed E-state index contributed by atoms with van der Waals surface area (Å²) in [5.41, 5.74) is 0.808. The summed E-state index contributed by atoms with van der Waals surface area (Å²) in [7, 11) is -2.28. The largest absolute Gasteiger partial charge is 0.497 e. The van der Waals surface area contributed by atoms with Crippen molar-refractivity contribution < 1.29 is 22.7 Å². The Morgan fingerprint density at radius 1 is 0.900 bits per heavy atom. The lowest BCUT2D eigenvalue weighted by atomic mass is 9.85. The molecule has 154 valence electrons. The number of anilines is 2. The summed E-state index contributed by atoms with van der Waals surface area (Å²) in [5.74, 6) is -0.0526. The van der Waals surface area contributed by atoms with E-state index < -0.39 is 10.0 Å². The van der Waals surface area contributed by atoms with Crippen molar-refractivity contribution in [3.05, 3.63) is 60.7 Å². The van der Waals surface area contributed by atoms with Gasteiger partial charge in [-0.25, -0.2) is 8.42 Å². The monoisotopic (exact) mass is 424 g/mol. The number of amides is 2. The van der Waals surface area contributed by atoms with Crippen molar-refractivity contribution in [2.45, 2.75) is 11.3 Å². The molecule has 8 heteroatoms. The summed E-state index contributed by atoms with van der Waals surface area (Å²) in [6.07, 6.45) is 4.96. The Balaban J connectivity index is 1.36. The first-order valence-electron chi connectivity index (χ1n) is 9.72. The first kappa shape index (κ1) is 18.9. The molecule has 0 aromatic heterocycles. The van der Waals surface area contributed by atoms with Crippen molar-refractivity contribution in [3.8, 4) is 5.75 Å². The van der Waals surface area contributed by atoms with Crippen molar-refractivity contribution in [2.75, 3.05) is 16.7 Å². The molecule has 2 bridgehead atoms. The Labute approximate surface area is 174 Å². The number of nitrogens with zero attached hydrogens (tertiary/aromatic N) is 1. The van der Waals surface area contributed by atoms with Gasteiger partial charge >= 0.3 is 0 Å². The number of fused-ring (bicyclic) bond motifs is 5. The molecule has 1 heterocycles. The van der Waals surface area contributed by atoms with E-state index in [1.807, 2.05) is 12.2 Å². The summed E-state index contributed by atoms with van der Waals surface area (Å²) < 4.78 is 32.9. The summed E-state index contributed by atoms with van der Waals surface area (Å²) in [5, 5.41) is 0. The Morgan fingerprint density at radius 3 is 2.00 bits per heavy atom. The number of imide groups is 1. The Hall–Kier alpha value is -3.13. The summed E-state index contributed by atoms with van der Waals surface area (Å²) in [6, 6.07) is 12.4. The van der Waals surface area contributed by atoms with E-state index in [-0.39, 0.29) is 40.4 Å². The van der Waals surface area contributed by atoms with E-state index in [0.29, 0.717) is 17.1 Å². The maximum atomic E-state index is 12.9. The molecule has 2 aliphatic carbocycles. The molecule has 2 aromatic carbocycles. The van der Waals surface area contributed by atoms with Crippen LogP contribution in [-0.4, -0.2) is 27.3 Å². The zero-order valence-electron chi connectivity index (χ0n) is 16.2. The van der Waals surface area contributed by atoms with E-state index in [9.17, 15) is 18.0 Å². The van der Waals surface area contributed by atoms with Crippen LogP contribution < -0.4 is 14.4 Å². The highest BCUT2D eigenvalue weighted by molar-refractivity contribution is 7.92. The fraction of sp³-hybridized carbons (Fsp3) is 0.273. The molecule has 1 unspecified atom stereocenters. The quantitative estimate of drug-likeness (QED) is 0.589. The van der Waals surface area contributed by atoms with Crippen molar-refractivity contribution in [3.63, 3.8) is 0 Å². The van der Waals surface area contributed by atoms with E-state index in [0.717, 1.165) is 6.42 Å². The van der Waals surface area contributed by atoms with Gasteiger partial charge in [0.05, 0.1) is 29.5 Å². The lowest BCUT2D eigenvalue weighted by Gasteiger charge is -2.17. The maximum absolute atomic E-state index is 12.9. The average Bonchev–Trinajstić information content (AvgIpc) is 3.42. The second-order valence-corrected chi connectivity index (χ2v) is 9.52. The Morgan fingerprint density at radius 2 is 1.47 bits per heavy atom. The van der Waals surface area contributed by atoms with Gasteiger partial charge in [-0.1, -0.05) is 12.2 Å². The van der Waals surface area contributed by atoms with Crippen LogP contribution in [0.25, 0.3) is 0 Å². The molecule has 0 radical (unpaired) electrons. The van der Waals surface area contributed by atoms with Crippen molar-refractivity contribution in [2.24, 2.45) is 23.7 Å². The Kier molecular flexibility index (Phi) is 4.21. The van der Waals surface area contributed by atoms with Gasteiger partial charge in [0, 0.05) is 5.69 Å². The molecule has 4 atom stereocenters. The number of sulfonamides is 1. The van der Waals surface area contributed by atoms with Gasteiger partial charge in [-0.2, -0.15) is 0 Å². The van der Waals surface area contributed by atoms with Crippen LogP contribution in [0.3, 0.4) is 0 Å². The smallest absolute Gasteiger partial charge is 0.261 e. The zero-order chi connectivity index (χ0) is 21.0. The van der Waals surface area contributed by atoms with Gasteiger partial charge in [0.15, 0.2) is 0 Å². The molecule has 0 spiro atoms. The highest BCUT2D eigenvalue weighted by Crippen LogP contribution is 2.53. The van der Waals surface area contributed by atoms with E-state index in [2.05, 4.69) is 4.72 Å². The minimum absolute atomic E-state index is 0.0445. The first-order valence-corrected chi connectivity index (χ1v) is 11.2. The molecule has 1 saturated heterocycles. The number of ether oxygens (including phenoxy) is 1. The molecule has 2 amide bonds. The van der Waals surface area contributed by atoms with Crippen LogP contribution in [0.1, 0.15) is 6.42 Å². The molecule has 1 N–H and O–H groups in total. The van der Waals surface area contributed by atoms with Crippen LogP contribution in [0.2, 0.25) is 0 Å².